The number of hydrogen-bond acceptors (Lipinski definition) is 3. The second kappa shape index (κ2) is 5.98. The topological polar surface area (TPSA) is 64.4 Å². The quantitative estimate of drug-likeness (QED) is 0.844. The number of carbonyl (C=O) groups is 1. The van der Waals surface area contributed by atoms with E-state index >= 15 is 0 Å². The molecule has 0 spiro atoms. The van der Waals surface area contributed by atoms with E-state index in [2.05, 4.69) is 5.32 Å². The van der Waals surface area contributed by atoms with E-state index in [0.717, 1.165) is 25.2 Å². The van der Waals surface area contributed by atoms with Crippen molar-refractivity contribution in [3.63, 3.8) is 0 Å². The van der Waals surface area contributed by atoms with E-state index in [-0.39, 0.29) is 11.9 Å². The first kappa shape index (κ1) is 13.1. The Morgan fingerprint density at radius 3 is 2.78 bits per heavy atom. The third-order valence-corrected chi connectivity index (χ3v) is 3.48. The van der Waals surface area contributed by atoms with Crippen LogP contribution in [-0.4, -0.2) is 25.2 Å². The molecule has 3 N–H and O–H groups in total. The Hall–Kier alpha value is -1.39. The van der Waals surface area contributed by atoms with E-state index in [4.69, 9.17) is 10.5 Å². The Balaban J connectivity index is 1.93. The van der Waals surface area contributed by atoms with Crippen molar-refractivity contribution in [3.8, 4) is 0 Å². The number of carbonyl (C=O) groups excluding carboxylic acids is 1. The van der Waals surface area contributed by atoms with Gasteiger partial charge in [-0.1, -0.05) is 12.1 Å². The summed E-state index contributed by atoms with van der Waals surface area (Å²) < 4.78 is 5.33. The van der Waals surface area contributed by atoms with Crippen molar-refractivity contribution < 1.29 is 9.53 Å². The van der Waals surface area contributed by atoms with Crippen molar-refractivity contribution in [2.24, 2.45) is 11.7 Å². The number of benzene rings is 1. The molecule has 2 rings (SSSR count). The molecule has 2 atom stereocenters. The summed E-state index contributed by atoms with van der Waals surface area (Å²) >= 11 is 0. The number of hydrogen-bond donors (Lipinski definition) is 2. The molecule has 1 aromatic carbocycles. The van der Waals surface area contributed by atoms with Crippen LogP contribution < -0.4 is 11.1 Å². The lowest BCUT2D eigenvalue weighted by Gasteiger charge is -2.19. The van der Waals surface area contributed by atoms with Gasteiger partial charge in [-0.05, 0) is 31.0 Å². The molecule has 1 aliphatic heterocycles. The molecular formula is C14H20N2O2. The van der Waals surface area contributed by atoms with Gasteiger partial charge in [0.2, 0.25) is 0 Å². The molecule has 4 heteroatoms. The lowest BCUT2D eigenvalue weighted by Crippen LogP contribution is -2.38. The number of nitrogens with one attached hydrogen (secondary N) is 1. The zero-order chi connectivity index (χ0) is 13.0. The monoisotopic (exact) mass is 248 g/mol. The number of ether oxygens (including phenoxy) is 1. The molecule has 1 amide bonds. The predicted molar refractivity (Wildman–Crippen MR) is 70.2 cm³/mol. The second-order valence-corrected chi connectivity index (χ2v) is 4.79. The molecule has 1 aliphatic rings. The molecule has 0 aliphatic carbocycles. The van der Waals surface area contributed by atoms with Gasteiger partial charge in [0, 0.05) is 30.7 Å². The van der Waals surface area contributed by atoms with Crippen molar-refractivity contribution in [2.45, 2.75) is 25.9 Å². The normalized spacial score (nSPS) is 20.7. The Bertz CT molecular complexity index is 397. The van der Waals surface area contributed by atoms with Gasteiger partial charge in [-0.2, -0.15) is 0 Å². The number of amides is 1. The molecule has 98 valence electrons. The summed E-state index contributed by atoms with van der Waals surface area (Å²) in [5.74, 6) is 0.398. The van der Waals surface area contributed by atoms with Crippen LogP contribution in [0.15, 0.2) is 24.3 Å². The fourth-order valence-corrected chi connectivity index (χ4v) is 2.15. The van der Waals surface area contributed by atoms with E-state index in [9.17, 15) is 4.79 Å². The van der Waals surface area contributed by atoms with Crippen LogP contribution in [0.2, 0.25) is 0 Å². The Morgan fingerprint density at radius 1 is 1.50 bits per heavy atom. The van der Waals surface area contributed by atoms with Gasteiger partial charge in [0.15, 0.2) is 0 Å². The first-order valence-electron chi connectivity index (χ1n) is 6.38. The maximum Gasteiger partial charge on any atom is 0.251 e. The minimum absolute atomic E-state index is 0.0297. The largest absolute Gasteiger partial charge is 0.381 e. The van der Waals surface area contributed by atoms with Gasteiger partial charge in [0.05, 0.1) is 6.61 Å². The minimum Gasteiger partial charge on any atom is -0.381 e. The van der Waals surface area contributed by atoms with Gasteiger partial charge in [-0.15, -0.1) is 0 Å². The van der Waals surface area contributed by atoms with E-state index in [1.807, 2.05) is 31.2 Å². The molecule has 1 fully saturated rings. The third kappa shape index (κ3) is 3.09. The van der Waals surface area contributed by atoms with Crippen molar-refractivity contribution >= 4 is 5.91 Å². The highest BCUT2D eigenvalue weighted by Gasteiger charge is 2.23. The predicted octanol–water partition coefficient (Wildman–Crippen LogP) is 1.30. The van der Waals surface area contributed by atoms with Crippen LogP contribution in [-0.2, 0) is 11.3 Å². The van der Waals surface area contributed by atoms with Crippen LogP contribution in [0.3, 0.4) is 0 Å². The zero-order valence-corrected chi connectivity index (χ0v) is 10.7. The highest BCUT2D eigenvalue weighted by molar-refractivity contribution is 5.94. The molecule has 4 nitrogen and oxygen atoms in total. The molecule has 0 radical (unpaired) electrons. The fourth-order valence-electron chi connectivity index (χ4n) is 2.15. The third-order valence-electron chi connectivity index (χ3n) is 3.48. The summed E-state index contributed by atoms with van der Waals surface area (Å²) in [4.78, 5) is 12.0. The second-order valence-electron chi connectivity index (χ2n) is 4.79. The maximum atomic E-state index is 12.0. The fraction of sp³-hybridized carbons (Fsp3) is 0.500. The lowest BCUT2D eigenvalue weighted by molar-refractivity contribution is 0.0922. The molecule has 18 heavy (non-hydrogen) atoms. The summed E-state index contributed by atoms with van der Waals surface area (Å²) in [6, 6.07) is 7.55. The van der Waals surface area contributed by atoms with E-state index in [1.165, 1.54) is 0 Å². The Kier molecular flexibility index (Phi) is 4.33. The van der Waals surface area contributed by atoms with Gasteiger partial charge >= 0.3 is 0 Å². The van der Waals surface area contributed by atoms with Gasteiger partial charge in [0.1, 0.15) is 0 Å². The standard InChI is InChI=1S/C14H20N2O2/c1-10(13-6-7-18-9-13)16-14(17)12-4-2-11(8-15)3-5-12/h2-5,10,13H,6-9,15H2,1H3,(H,16,17). The lowest BCUT2D eigenvalue weighted by atomic mass is 10.0. The van der Waals surface area contributed by atoms with Crippen molar-refractivity contribution in [1.82, 2.24) is 5.32 Å². The highest BCUT2D eigenvalue weighted by Crippen LogP contribution is 2.16. The van der Waals surface area contributed by atoms with Gasteiger partial charge in [-0.25, -0.2) is 0 Å². The Labute approximate surface area is 108 Å². The first-order chi connectivity index (χ1) is 8.70. The van der Waals surface area contributed by atoms with E-state index < -0.39 is 0 Å². The van der Waals surface area contributed by atoms with Gasteiger partial charge in [-0.3, -0.25) is 4.79 Å². The maximum absolute atomic E-state index is 12.0. The molecule has 0 aromatic heterocycles. The molecular weight excluding hydrogens is 228 g/mol. The Morgan fingerprint density at radius 2 is 2.22 bits per heavy atom. The average Bonchev–Trinajstić information content (AvgIpc) is 2.92. The van der Waals surface area contributed by atoms with Crippen LogP contribution in [0.5, 0.6) is 0 Å². The molecule has 0 saturated carbocycles. The van der Waals surface area contributed by atoms with Crippen molar-refractivity contribution in [1.29, 1.82) is 0 Å². The van der Waals surface area contributed by atoms with E-state index in [0.29, 0.717) is 18.0 Å². The molecule has 0 bridgehead atoms. The molecule has 1 saturated heterocycles. The highest BCUT2D eigenvalue weighted by atomic mass is 16.5. The SMILES string of the molecule is CC(NC(=O)c1ccc(CN)cc1)C1CCOC1. The first-order valence-corrected chi connectivity index (χ1v) is 6.38. The summed E-state index contributed by atoms with van der Waals surface area (Å²) in [6.07, 6.45) is 1.02. The molecule has 2 unspecified atom stereocenters. The van der Waals surface area contributed by atoms with Crippen molar-refractivity contribution in [3.05, 3.63) is 35.4 Å². The number of nitrogens with two attached hydrogens (primary N) is 1. The van der Waals surface area contributed by atoms with Crippen LogP contribution in [0, 0.1) is 5.92 Å². The summed E-state index contributed by atoms with van der Waals surface area (Å²) in [6.45, 7) is 4.08. The summed E-state index contributed by atoms with van der Waals surface area (Å²) in [7, 11) is 0. The van der Waals surface area contributed by atoms with Crippen LogP contribution >= 0.6 is 0 Å². The van der Waals surface area contributed by atoms with E-state index in [1.54, 1.807) is 0 Å². The summed E-state index contributed by atoms with van der Waals surface area (Å²) in [5.41, 5.74) is 7.23. The average molecular weight is 248 g/mol. The smallest absolute Gasteiger partial charge is 0.251 e. The number of rotatable bonds is 4. The van der Waals surface area contributed by atoms with Crippen LogP contribution in [0.1, 0.15) is 29.3 Å². The zero-order valence-electron chi connectivity index (χ0n) is 10.7. The van der Waals surface area contributed by atoms with Crippen LogP contribution in [0.25, 0.3) is 0 Å². The van der Waals surface area contributed by atoms with Gasteiger partial charge in [0.25, 0.3) is 5.91 Å². The molecule has 1 heterocycles. The summed E-state index contributed by atoms with van der Waals surface area (Å²) in [5, 5.41) is 3.03. The van der Waals surface area contributed by atoms with Crippen molar-refractivity contribution in [2.75, 3.05) is 13.2 Å². The van der Waals surface area contributed by atoms with Gasteiger partial charge < -0.3 is 15.8 Å². The molecule has 1 aromatic rings. The van der Waals surface area contributed by atoms with Crippen LogP contribution in [0.4, 0.5) is 0 Å². The minimum atomic E-state index is -0.0297.